The number of amides is 2. The number of fused-ring (bicyclic) bond motifs is 1. The van der Waals surface area contributed by atoms with Gasteiger partial charge in [-0.3, -0.25) is 19.5 Å². The van der Waals surface area contributed by atoms with Crippen LogP contribution in [-0.2, 0) is 4.74 Å². The maximum Gasteiger partial charge on any atom is 0.275 e. The molecule has 2 amide bonds. The molecule has 9 heteroatoms. The molecule has 0 aliphatic carbocycles. The number of nitrogens with one attached hydrogen (secondary N) is 1. The second-order valence-corrected chi connectivity index (χ2v) is 8.29. The molecule has 0 saturated heterocycles. The van der Waals surface area contributed by atoms with Gasteiger partial charge in [-0.2, -0.15) is 0 Å². The van der Waals surface area contributed by atoms with Crippen LogP contribution >= 0.6 is 0 Å². The fourth-order valence-corrected chi connectivity index (χ4v) is 3.65. The van der Waals surface area contributed by atoms with Crippen molar-refractivity contribution >= 4 is 17.5 Å². The van der Waals surface area contributed by atoms with E-state index in [1.54, 1.807) is 37.3 Å². The number of hydrogen-bond donors (Lipinski definition) is 1. The summed E-state index contributed by atoms with van der Waals surface area (Å²) in [7, 11) is 5.48. The van der Waals surface area contributed by atoms with Crippen molar-refractivity contribution in [2.75, 3.05) is 46.2 Å². The first kappa shape index (κ1) is 23.6. The van der Waals surface area contributed by atoms with Gasteiger partial charge in [-0.25, -0.2) is 4.98 Å². The lowest BCUT2D eigenvalue weighted by molar-refractivity contribution is 0.0150. The predicted molar refractivity (Wildman–Crippen MR) is 121 cm³/mol. The molecule has 9 nitrogen and oxygen atoms in total. The number of anilines is 1. The molecule has 1 aliphatic heterocycles. The van der Waals surface area contributed by atoms with E-state index in [9.17, 15) is 9.59 Å². The Bertz CT molecular complexity index is 939. The van der Waals surface area contributed by atoms with Crippen LogP contribution in [-0.4, -0.2) is 84.6 Å². The summed E-state index contributed by atoms with van der Waals surface area (Å²) in [6.45, 7) is 5.90. The van der Waals surface area contributed by atoms with Crippen molar-refractivity contribution in [1.82, 2.24) is 19.8 Å². The Morgan fingerprint density at radius 2 is 2.00 bits per heavy atom. The van der Waals surface area contributed by atoms with Gasteiger partial charge in [0.25, 0.3) is 11.8 Å². The van der Waals surface area contributed by atoms with E-state index in [0.717, 1.165) is 6.54 Å². The Balaban J connectivity index is 1.91. The van der Waals surface area contributed by atoms with Crippen LogP contribution in [0, 0.1) is 5.92 Å². The SMILES string of the molecule is CO[C@H]1CN(C)C(=O)c2cc(NC(=O)c3cnccn3)ccc2OC[C@H](C)N(C)C[C@@H]1C. The molecule has 0 fully saturated rings. The molecular weight excluding hydrogens is 410 g/mol. The fourth-order valence-electron chi connectivity index (χ4n) is 3.65. The van der Waals surface area contributed by atoms with Crippen LogP contribution in [0.4, 0.5) is 5.69 Å². The summed E-state index contributed by atoms with van der Waals surface area (Å²) in [6, 6.07) is 5.20. The molecular formula is C23H31N5O4. The number of hydrogen-bond acceptors (Lipinski definition) is 7. The number of methoxy groups -OCH3 is 1. The van der Waals surface area contributed by atoms with E-state index in [2.05, 4.69) is 41.1 Å². The number of ether oxygens (including phenoxy) is 2. The zero-order valence-electron chi connectivity index (χ0n) is 19.2. The molecule has 0 radical (unpaired) electrons. The number of carbonyl (C=O) groups excluding carboxylic acids is 2. The second kappa shape index (κ2) is 10.5. The molecule has 0 unspecified atom stereocenters. The number of rotatable bonds is 3. The molecule has 1 aromatic carbocycles. The summed E-state index contributed by atoms with van der Waals surface area (Å²) in [6.07, 6.45) is 4.22. The van der Waals surface area contributed by atoms with E-state index in [1.807, 2.05) is 0 Å². The van der Waals surface area contributed by atoms with Crippen LogP contribution in [0.5, 0.6) is 5.75 Å². The maximum atomic E-state index is 13.3. The van der Waals surface area contributed by atoms with Gasteiger partial charge in [-0.05, 0) is 38.1 Å². The van der Waals surface area contributed by atoms with Crippen LogP contribution in [0.15, 0.2) is 36.8 Å². The van der Waals surface area contributed by atoms with E-state index in [0.29, 0.717) is 30.2 Å². The zero-order chi connectivity index (χ0) is 23.3. The minimum atomic E-state index is -0.406. The van der Waals surface area contributed by atoms with E-state index < -0.39 is 5.91 Å². The summed E-state index contributed by atoms with van der Waals surface area (Å²) >= 11 is 0. The topological polar surface area (TPSA) is 96.9 Å². The summed E-state index contributed by atoms with van der Waals surface area (Å²) in [4.78, 5) is 37.6. The smallest absolute Gasteiger partial charge is 0.275 e. The van der Waals surface area contributed by atoms with Gasteiger partial charge in [0.15, 0.2) is 0 Å². The van der Waals surface area contributed by atoms with Gasteiger partial charge < -0.3 is 19.7 Å². The molecule has 0 spiro atoms. The molecule has 3 atom stereocenters. The molecule has 32 heavy (non-hydrogen) atoms. The Hall–Kier alpha value is -3.04. The highest BCUT2D eigenvalue weighted by Crippen LogP contribution is 2.26. The van der Waals surface area contributed by atoms with Crippen LogP contribution in [0.2, 0.25) is 0 Å². The number of likely N-dealkylation sites (N-methyl/N-ethyl adjacent to an activating group) is 2. The minimum Gasteiger partial charge on any atom is -0.491 e. The Kier molecular flexibility index (Phi) is 7.76. The van der Waals surface area contributed by atoms with E-state index >= 15 is 0 Å². The lowest BCUT2D eigenvalue weighted by atomic mass is 10.0. The molecule has 1 aromatic heterocycles. The number of nitrogens with zero attached hydrogens (tertiary/aromatic N) is 4. The quantitative estimate of drug-likeness (QED) is 0.780. The van der Waals surface area contributed by atoms with Gasteiger partial charge in [0.05, 0.1) is 17.9 Å². The highest BCUT2D eigenvalue weighted by molar-refractivity contribution is 6.04. The normalized spacial score (nSPS) is 22.8. The van der Waals surface area contributed by atoms with Crippen LogP contribution in [0.1, 0.15) is 34.7 Å². The van der Waals surface area contributed by atoms with E-state index in [4.69, 9.17) is 9.47 Å². The van der Waals surface area contributed by atoms with Gasteiger partial charge in [-0.1, -0.05) is 6.92 Å². The van der Waals surface area contributed by atoms with E-state index in [-0.39, 0.29) is 29.7 Å². The summed E-state index contributed by atoms with van der Waals surface area (Å²) in [5.41, 5.74) is 1.04. The molecule has 2 heterocycles. The summed E-state index contributed by atoms with van der Waals surface area (Å²) in [5, 5.41) is 2.77. The van der Waals surface area contributed by atoms with E-state index in [1.165, 1.54) is 18.6 Å². The van der Waals surface area contributed by atoms with Crippen molar-refractivity contribution in [2.45, 2.75) is 26.0 Å². The van der Waals surface area contributed by atoms with Crippen molar-refractivity contribution in [3.63, 3.8) is 0 Å². The number of carbonyl (C=O) groups is 2. The first-order chi connectivity index (χ1) is 15.3. The van der Waals surface area contributed by atoms with Crippen LogP contribution in [0.3, 0.4) is 0 Å². The Morgan fingerprint density at radius 1 is 1.22 bits per heavy atom. The lowest BCUT2D eigenvalue weighted by Crippen LogP contribution is -2.45. The predicted octanol–water partition coefficient (Wildman–Crippen LogP) is 2.16. The van der Waals surface area contributed by atoms with Gasteiger partial charge in [0, 0.05) is 51.4 Å². The van der Waals surface area contributed by atoms with Crippen LogP contribution < -0.4 is 10.1 Å². The standard InChI is InChI=1S/C23H31N5O4/c1-15-12-27(3)16(2)14-32-20-7-6-17(26-22(29)19-11-24-8-9-25-19)10-18(20)23(30)28(4)13-21(15)31-5/h6-11,15-16,21H,12-14H2,1-5H3,(H,26,29)/t15-,16-,21-/m0/s1. The summed E-state index contributed by atoms with van der Waals surface area (Å²) in [5.74, 6) is 0.0873. The van der Waals surface area contributed by atoms with Crippen molar-refractivity contribution < 1.29 is 19.1 Å². The van der Waals surface area contributed by atoms with Gasteiger partial charge >= 0.3 is 0 Å². The van der Waals surface area contributed by atoms with Crippen molar-refractivity contribution in [2.24, 2.45) is 5.92 Å². The molecule has 172 valence electrons. The Morgan fingerprint density at radius 3 is 2.69 bits per heavy atom. The van der Waals surface area contributed by atoms with Gasteiger partial charge in [0.2, 0.25) is 0 Å². The average Bonchev–Trinajstić information content (AvgIpc) is 2.80. The highest BCUT2D eigenvalue weighted by atomic mass is 16.5. The fraction of sp³-hybridized carbons (Fsp3) is 0.478. The summed E-state index contributed by atoms with van der Waals surface area (Å²) < 4.78 is 11.7. The van der Waals surface area contributed by atoms with Gasteiger partial charge in [-0.15, -0.1) is 0 Å². The second-order valence-electron chi connectivity index (χ2n) is 8.29. The molecule has 3 rings (SSSR count). The maximum absolute atomic E-state index is 13.3. The third kappa shape index (κ3) is 5.60. The van der Waals surface area contributed by atoms with Crippen LogP contribution in [0.25, 0.3) is 0 Å². The molecule has 0 saturated carbocycles. The first-order valence-electron chi connectivity index (χ1n) is 10.6. The van der Waals surface area contributed by atoms with Gasteiger partial charge in [0.1, 0.15) is 18.1 Å². The molecule has 1 N–H and O–H groups in total. The lowest BCUT2D eigenvalue weighted by Gasteiger charge is -2.34. The zero-order valence-corrected chi connectivity index (χ0v) is 19.2. The molecule has 0 bridgehead atoms. The van der Waals surface area contributed by atoms with Crippen molar-refractivity contribution in [3.8, 4) is 5.75 Å². The number of aromatic nitrogens is 2. The minimum absolute atomic E-state index is 0.109. The monoisotopic (exact) mass is 441 g/mol. The largest absolute Gasteiger partial charge is 0.491 e. The van der Waals surface area contributed by atoms with Crippen molar-refractivity contribution in [3.05, 3.63) is 48.0 Å². The Labute approximate surface area is 188 Å². The third-order valence-corrected chi connectivity index (χ3v) is 5.81. The molecule has 2 aromatic rings. The highest BCUT2D eigenvalue weighted by Gasteiger charge is 2.27. The third-order valence-electron chi connectivity index (χ3n) is 5.81. The van der Waals surface area contributed by atoms with Crippen molar-refractivity contribution in [1.29, 1.82) is 0 Å². The molecule has 1 aliphatic rings. The first-order valence-corrected chi connectivity index (χ1v) is 10.6. The average molecular weight is 442 g/mol. The number of benzene rings is 1.